The molecule has 0 spiro atoms. The fraction of sp³-hybridized carbons (Fsp3) is 0.0714. The van der Waals surface area contributed by atoms with Crippen molar-refractivity contribution in [3.63, 3.8) is 0 Å². The van der Waals surface area contributed by atoms with E-state index in [4.69, 9.17) is 27.8 Å². The van der Waals surface area contributed by atoms with E-state index in [0.29, 0.717) is 16.3 Å². The molecule has 0 saturated heterocycles. The Morgan fingerprint density at radius 1 is 1.25 bits per heavy atom. The molecule has 104 valence electrons. The van der Waals surface area contributed by atoms with Crippen LogP contribution in [0.25, 0.3) is 0 Å². The third-order valence-electron chi connectivity index (χ3n) is 2.67. The number of hydrogen-bond acceptors (Lipinski definition) is 3. The molecule has 2 aromatic carbocycles. The van der Waals surface area contributed by atoms with Crippen LogP contribution < -0.4 is 16.2 Å². The number of nitrogen functional groups attached to an aromatic ring is 1. The Morgan fingerprint density at radius 2 is 2.00 bits per heavy atom. The maximum absolute atomic E-state index is 13.6. The zero-order valence-corrected chi connectivity index (χ0v) is 11.2. The van der Waals surface area contributed by atoms with E-state index < -0.39 is 11.7 Å². The van der Waals surface area contributed by atoms with E-state index in [1.54, 1.807) is 6.07 Å². The van der Waals surface area contributed by atoms with Crippen LogP contribution in [0.5, 0.6) is 5.75 Å². The highest BCUT2D eigenvalue weighted by Gasteiger charge is 2.11. The summed E-state index contributed by atoms with van der Waals surface area (Å²) in [7, 11) is 0. The summed E-state index contributed by atoms with van der Waals surface area (Å²) in [5.41, 5.74) is 11.8. The van der Waals surface area contributed by atoms with E-state index in [-0.39, 0.29) is 17.9 Å². The van der Waals surface area contributed by atoms with Crippen molar-refractivity contribution in [3.8, 4) is 5.75 Å². The van der Waals surface area contributed by atoms with Crippen LogP contribution in [0, 0.1) is 5.82 Å². The second-order valence-electron chi connectivity index (χ2n) is 4.14. The minimum Gasteiger partial charge on any atom is -0.488 e. The first-order valence-corrected chi connectivity index (χ1v) is 6.11. The Labute approximate surface area is 120 Å². The van der Waals surface area contributed by atoms with Crippen LogP contribution in [0.4, 0.5) is 10.1 Å². The fourth-order valence-corrected chi connectivity index (χ4v) is 1.81. The first kappa shape index (κ1) is 14.1. The largest absolute Gasteiger partial charge is 0.488 e. The molecule has 1 amide bonds. The summed E-state index contributed by atoms with van der Waals surface area (Å²) < 4.78 is 19.0. The molecule has 0 fully saturated rings. The molecule has 0 atom stereocenters. The zero-order chi connectivity index (χ0) is 14.7. The highest BCUT2D eigenvalue weighted by molar-refractivity contribution is 6.30. The number of rotatable bonds is 4. The molecule has 6 heteroatoms. The van der Waals surface area contributed by atoms with Gasteiger partial charge in [0.2, 0.25) is 0 Å². The van der Waals surface area contributed by atoms with E-state index in [0.717, 1.165) is 0 Å². The zero-order valence-electron chi connectivity index (χ0n) is 10.4. The molecule has 0 bridgehead atoms. The third kappa shape index (κ3) is 3.19. The Morgan fingerprint density at radius 3 is 2.65 bits per heavy atom. The summed E-state index contributed by atoms with van der Waals surface area (Å²) in [5.74, 6) is -0.912. The van der Waals surface area contributed by atoms with Gasteiger partial charge in [0.15, 0.2) is 0 Å². The molecule has 20 heavy (non-hydrogen) atoms. The lowest BCUT2D eigenvalue weighted by Gasteiger charge is -2.11. The lowest BCUT2D eigenvalue weighted by molar-refractivity contribution is 0.0996. The van der Waals surface area contributed by atoms with Gasteiger partial charge in [0.1, 0.15) is 18.2 Å². The number of anilines is 1. The van der Waals surface area contributed by atoms with Gasteiger partial charge in [-0.1, -0.05) is 17.7 Å². The molecule has 0 saturated carbocycles. The minimum atomic E-state index is -0.642. The molecule has 4 nitrogen and oxygen atoms in total. The van der Waals surface area contributed by atoms with Crippen LogP contribution in [-0.4, -0.2) is 5.91 Å². The molecule has 0 aromatic heterocycles. The number of carbonyl (C=O) groups excluding carboxylic acids is 1. The van der Waals surface area contributed by atoms with Gasteiger partial charge < -0.3 is 16.2 Å². The molecule has 0 aliphatic rings. The van der Waals surface area contributed by atoms with Gasteiger partial charge >= 0.3 is 0 Å². The second-order valence-corrected chi connectivity index (χ2v) is 4.58. The van der Waals surface area contributed by atoms with E-state index in [9.17, 15) is 9.18 Å². The van der Waals surface area contributed by atoms with Crippen LogP contribution >= 0.6 is 11.6 Å². The van der Waals surface area contributed by atoms with Crippen molar-refractivity contribution < 1.29 is 13.9 Å². The number of hydrogen-bond donors (Lipinski definition) is 2. The first-order valence-electron chi connectivity index (χ1n) is 5.73. The summed E-state index contributed by atoms with van der Waals surface area (Å²) in [6.45, 7) is -0.0628. The number of benzene rings is 2. The predicted octanol–water partition coefficient (Wildman–Crippen LogP) is 2.74. The normalized spacial score (nSPS) is 10.3. The quantitative estimate of drug-likeness (QED) is 0.851. The van der Waals surface area contributed by atoms with Gasteiger partial charge in [-0.2, -0.15) is 0 Å². The average molecular weight is 295 g/mol. The van der Waals surface area contributed by atoms with E-state index in [2.05, 4.69) is 0 Å². The summed E-state index contributed by atoms with van der Waals surface area (Å²) in [6.07, 6.45) is 0. The maximum Gasteiger partial charge on any atom is 0.252 e. The van der Waals surface area contributed by atoms with Gasteiger partial charge in [0.05, 0.1) is 5.56 Å². The van der Waals surface area contributed by atoms with Gasteiger partial charge in [-0.15, -0.1) is 0 Å². The van der Waals surface area contributed by atoms with E-state index >= 15 is 0 Å². The minimum absolute atomic E-state index is 0.0628. The van der Waals surface area contributed by atoms with Crippen LogP contribution in [0.3, 0.4) is 0 Å². The van der Waals surface area contributed by atoms with E-state index in [1.165, 1.54) is 30.3 Å². The van der Waals surface area contributed by atoms with Crippen molar-refractivity contribution in [3.05, 3.63) is 58.4 Å². The van der Waals surface area contributed by atoms with Gasteiger partial charge in [-0.05, 0) is 24.3 Å². The number of carbonyl (C=O) groups is 1. The van der Waals surface area contributed by atoms with Crippen molar-refractivity contribution in [2.45, 2.75) is 6.61 Å². The molecule has 0 aliphatic heterocycles. The lowest BCUT2D eigenvalue weighted by atomic mass is 10.1. The summed E-state index contributed by atoms with van der Waals surface area (Å²) >= 11 is 5.66. The molecule has 0 radical (unpaired) electrons. The number of primary amides is 1. The smallest absolute Gasteiger partial charge is 0.252 e. The van der Waals surface area contributed by atoms with Crippen molar-refractivity contribution in [1.29, 1.82) is 0 Å². The molecule has 4 N–H and O–H groups in total. The Hall–Kier alpha value is -2.27. The van der Waals surface area contributed by atoms with Crippen molar-refractivity contribution in [1.82, 2.24) is 0 Å². The summed E-state index contributed by atoms with van der Waals surface area (Å²) in [5, 5.41) is 0.299. The van der Waals surface area contributed by atoms with Crippen LogP contribution in [0.1, 0.15) is 15.9 Å². The van der Waals surface area contributed by atoms with Crippen LogP contribution in [0.2, 0.25) is 5.02 Å². The molecular formula is C14H12ClFN2O2. The molecule has 0 aliphatic carbocycles. The van der Waals surface area contributed by atoms with Crippen molar-refractivity contribution in [2.24, 2.45) is 5.73 Å². The fourth-order valence-electron chi connectivity index (χ4n) is 1.66. The van der Waals surface area contributed by atoms with Gasteiger partial charge in [-0.3, -0.25) is 4.79 Å². The highest BCUT2D eigenvalue weighted by Crippen LogP contribution is 2.23. The van der Waals surface area contributed by atoms with Crippen LogP contribution in [-0.2, 0) is 6.61 Å². The van der Waals surface area contributed by atoms with E-state index in [1.807, 2.05) is 0 Å². The third-order valence-corrected chi connectivity index (χ3v) is 2.90. The first-order chi connectivity index (χ1) is 9.47. The standard InChI is InChI=1S/C14H12ClFN2O2/c15-9-2-1-8(12(16)5-9)7-20-13-6-10(17)3-4-11(13)14(18)19/h1-6H,7,17H2,(H2,18,19). The van der Waals surface area contributed by atoms with Crippen molar-refractivity contribution >= 4 is 23.2 Å². The molecule has 0 heterocycles. The van der Waals surface area contributed by atoms with Gasteiger partial charge in [0.25, 0.3) is 5.91 Å². The van der Waals surface area contributed by atoms with Crippen molar-refractivity contribution in [2.75, 3.05) is 5.73 Å². The number of halogens is 2. The van der Waals surface area contributed by atoms with Gasteiger partial charge in [0, 0.05) is 22.3 Å². The maximum atomic E-state index is 13.6. The molecule has 0 unspecified atom stereocenters. The number of ether oxygens (including phenoxy) is 1. The molecule has 2 rings (SSSR count). The number of amides is 1. The van der Waals surface area contributed by atoms with Gasteiger partial charge in [-0.25, -0.2) is 4.39 Å². The SMILES string of the molecule is NC(=O)c1ccc(N)cc1OCc1ccc(Cl)cc1F. The highest BCUT2D eigenvalue weighted by atomic mass is 35.5. The molecular weight excluding hydrogens is 283 g/mol. The predicted molar refractivity (Wildman–Crippen MR) is 75.1 cm³/mol. The van der Waals surface area contributed by atoms with Crippen LogP contribution in [0.15, 0.2) is 36.4 Å². The molecule has 2 aromatic rings. The number of nitrogens with two attached hydrogens (primary N) is 2. The monoisotopic (exact) mass is 294 g/mol. The topological polar surface area (TPSA) is 78.3 Å². The average Bonchev–Trinajstić information content (AvgIpc) is 2.37. The Bertz CT molecular complexity index is 662. The second kappa shape index (κ2) is 5.79. The summed E-state index contributed by atoms with van der Waals surface area (Å²) in [6, 6.07) is 8.72. The summed E-state index contributed by atoms with van der Waals surface area (Å²) in [4.78, 5) is 11.3. The Balaban J connectivity index is 2.22. The lowest BCUT2D eigenvalue weighted by Crippen LogP contribution is -2.13. The Kier molecular flexibility index (Phi) is 4.10.